The van der Waals surface area contributed by atoms with Crippen LogP contribution in [0.5, 0.6) is 5.75 Å². The van der Waals surface area contributed by atoms with Gasteiger partial charge in [-0.1, -0.05) is 35.5 Å². The highest BCUT2D eigenvalue weighted by Crippen LogP contribution is 2.25. The van der Waals surface area contributed by atoms with E-state index in [1.165, 1.54) is 12.1 Å². The van der Waals surface area contributed by atoms with Gasteiger partial charge in [0.15, 0.2) is 5.76 Å². The second kappa shape index (κ2) is 7.92. The second-order valence-corrected chi connectivity index (χ2v) is 6.36. The Morgan fingerprint density at radius 3 is 2.57 bits per heavy atom. The van der Waals surface area contributed by atoms with E-state index in [0.717, 1.165) is 22.4 Å². The average molecular weight is 375 g/mol. The van der Waals surface area contributed by atoms with Gasteiger partial charge in [0.25, 0.3) is 0 Å². The zero-order valence-corrected chi connectivity index (χ0v) is 15.0. The molecule has 2 aromatic heterocycles. The molecule has 0 saturated carbocycles. The van der Waals surface area contributed by atoms with E-state index in [2.05, 4.69) is 10.1 Å². The Kier molecular flexibility index (Phi) is 5.01. The predicted molar refractivity (Wildman–Crippen MR) is 104 cm³/mol. The molecule has 0 spiro atoms. The minimum atomic E-state index is -0.312. The fourth-order valence-corrected chi connectivity index (χ4v) is 2.83. The molecule has 0 aliphatic heterocycles. The molecule has 0 radical (unpaired) electrons. The van der Waals surface area contributed by atoms with Gasteiger partial charge in [-0.25, -0.2) is 9.37 Å². The second-order valence-electron chi connectivity index (χ2n) is 6.36. The number of nitrogens with two attached hydrogens (primary N) is 1. The lowest BCUT2D eigenvalue weighted by Gasteiger charge is -2.07. The van der Waals surface area contributed by atoms with E-state index in [1.807, 2.05) is 36.4 Å². The van der Waals surface area contributed by atoms with E-state index in [1.54, 1.807) is 24.4 Å². The summed E-state index contributed by atoms with van der Waals surface area (Å²) in [6.45, 7) is 0.373. The van der Waals surface area contributed by atoms with Crippen LogP contribution in [-0.4, -0.2) is 10.1 Å². The minimum Gasteiger partial charge on any atom is -0.489 e. The van der Waals surface area contributed by atoms with Crippen molar-refractivity contribution in [3.63, 3.8) is 0 Å². The first-order valence-electron chi connectivity index (χ1n) is 8.80. The number of benzene rings is 2. The van der Waals surface area contributed by atoms with Crippen LogP contribution >= 0.6 is 0 Å². The SMILES string of the molecule is Nc1ncccc1-c1cc(Cc2ccc(COc3cccc(F)c3)cc2)no1. The van der Waals surface area contributed by atoms with Crippen molar-refractivity contribution < 1.29 is 13.7 Å². The molecule has 140 valence electrons. The van der Waals surface area contributed by atoms with Crippen molar-refractivity contribution in [2.24, 2.45) is 0 Å². The number of ether oxygens (including phenoxy) is 1. The summed E-state index contributed by atoms with van der Waals surface area (Å²) in [7, 11) is 0. The van der Waals surface area contributed by atoms with Crippen molar-refractivity contribution in [1.82, 2.24) is 10.1 Å². The van der Waals surface area contributed by atoms with Crippen molar-refractivity contribution in [3.05, 3.63) is 95.6 Å². The Morgan fingerprint density at radius 2 is 1.79 bits per heavy atom. The van der Waals surface area contributed by atoms with Crippen LogP contribution < -0.4 is 10.5 Å². The molecule has 5 nitrogen and oxygen atoms in total. The van der Waals surface area contributed by atoms with E-state index >= 15 is 0 Å². The number of anilines is 1. The third kappa shape index (κ3) is 4.17. The van der Waals surface area contributed by atoms with Gasteiger partial charge in [-0.3, -0.25) is 0 Å². The maximum absolute atomic E-state index is 13.2. The third-order valence-electron chi connectivity index (χ3n) is 4.27. The van der Waals surface area contributed by atoms with E-state index in [0.29, 0.717) is 30.4 Å². The topological polar surface area (TPSA) is 74.2 Å². The summed E-state index contributed by atoms with van der Waals surface area (Å²) in [6.07, 6.45) is 2.27. The largest absolute Gasteiger partial charge is 0.489 e. The molecule has 0 aliphatic carbocycles. The van der Waals surface area contributed by atoms with E-state index in [9.17, 15) is 4.39 Å². The number of nitrogen functional groups attached to an aromatic ring is 1. The first kappa shape index (κ1) is 17.7. The molecule has 28 heavy (non-hydrogen) atoms. The first-order chi connectivity index (χ1) is 13.7. The van der Waals surface area contributed by atoms with Crippen LogP contribution in [0.1, 0.15) is 16.8 Å². The molecule has 0 amide bonds. The standard InChI is InChI=1S/C22H18FN3O2/c23-17-3-1-4-19(12-17)27-14-16-8-6-15(7-9-16)11-18-13-21(28-26-18)20-5-2-10-25-22(20)24/h1-10,12-13H,11,14H2,(H2,24,25). The van der Waals surface area contributed by atoms with Gasteiger partial charge in [-0.05, 0) is 35.4 Å². The molecule has 0 aliphatic rings. The molecule has 2 heterocycles. The number of pyridine rings is 1. The summed E-state index contributed by atoms with van der Waals surface area (Å²) in [5.41, 5.74) is 9.50. The van der Waals surface area contributed by atoms with Crippen LogP contribution in [0.4, 0.5) is 10.2 Å². The van der Waals surface area contributed by atoms with Crippen molar-refractivity contribution in [2.45, 2.75) is 13.0 Å². The molecular weight excluding hydrogens is 357 g/mol. The Hall–Kier alpha value is -3.67. The number of aromatic nitrogens is 2. The fraction of sp³-hybridized carbons (Fsp3) is 0.0909. The van der Waals surface area contributed by atoms with Crippen LogP contribution in [0, 0.1) is 5.82 Å². The van der Waals surface area contributed by atoms with Gasteiger partial charge < -0.3 is 15.0 Å². The summed E-state index contributed by atoms with van der Waals surface area (Å²) in [6, 6.07) is 19.6. The Balaban J connectivity index is 1.39. The Bertz CT molecular complexity index is 1080. The van der Waals surface area contributed by atoms with Gasteiger partial charge in [0.2, 0.25) is 0 Å². The zero-order valence-electron chi connectivity index (χ0n) is 15.0. The van der Waals surface area contributed by atoms with Gasteiger partial charge in [0.05, 0.1) is 11.3 Å². The lowest BCUT2D eigenvalue weighted by molar-refractivity contribution is 0.304. The van der Waals surface area contributed by atoms with Crippen molar-refractivity contribution in [2.75, 3.05) is 5.73 Å². The lowest BCUT2D eigenvalue weighted by Crippen LogP contribution is -1.96. The first-order valence-corrected chi connectivity index (χ1v) is 8.80. The van der Waals surface area contributed by atoms with Crippen LogP contribution in [-0.2, 0) is 13.0 Å². The number of rotatable bonds is 6. The molecule has 4 rings (SSSR count). The summed E-state index contributed by atoms with van der Waals surface area (Å²) >= 11 is 0. The van der Waals surface area contributed by atoms with Crippen molar-refractivity contribution >= 4 is 5.82 Å². The molecule has 6 heteroatoms. The number of nitrogens with zero attached hydrogens (tertiary/aromatic N) is 2. The highest BCUT2D eigenvalue weighted by Gasteiger charge is 2.10. The zero-order chi connectivity index (χ0) is 19.3. The quantitative estimate of drug-likeness (QED) is 0.532. The molecule has 0 saturated heterocycles. The van der Waals surface area contributed by atoms with E-state index in [4.69, 9.17) is 15.0 Å². The monoisotopic (exact) mass is 375 g/mol. The van der Waals surface area contributed by atoms with Crippen LogP contribution in [0.3, 0.4) is 0 Å². The highest BCUT2D eigenvalue weighted by molar-refractivity contribution is 5.69. The summed E-state index contributed by atoms with van der Waals surface area (Å²) in [5, 5.41) is 4.12. The summed E-state index contributed by atoms with van der Waals surface area (Å²) < 4.78 is 24.2. The normalized spacial score (nSPS) is 10.8. The molecule has 0 atom stereocenters. The molecule has 0 fully saturated rings. The average Bonchev–Trinajstić information content (AvgIpc) is 3.16. The molecule has 0 unspecified atom stereocenters. The maximum Gasteiger partial charge on any atom is 0.170 e. The number of hydrogen-bond acceptors (Lipinski definition) is 5. The summed E-state index contributed by atoms with van der Waals surface area (Å²) in [5.74, 6) is 1.20. The Labute approximate surface area is 161 Å². The number of hydrogen-bond donors (Lipinski definition) is 1. The van der Waals surface area contributed by atoms with E-state index < -0.39 is 0 Å². The predicted octanol–water partition coefficient (Wildman–Crippen LogP) is 4.63. The van der Waals surface area contributed by atoms with Crippen LogP contribution in [0.2, 0.25) is 0 Å². The molecule has 4 aromatic rings. The van der Waals surface area contributed by atoms with Crippen LogP contribution in [0.25, 0.3) is 11.3 Å². The van der Waals surface area contributed by atoms with Crippen molar-refractivity contribution in [1.29, 1.82) is 0 Å². The van der Waals surface area contributed by atoms with Gasteiger partial charge in [-0.15, -0.1) is 0 Å². The molecule has 2 N–H and O–H groups in total. The molecule has 2 aromatic carbocycles. The fourth-order valence-electron chi connectivity index (χ4n) is 2.83. The van der Waals surface area contributed by atoms with Gasteiger partial charge in [0.1, 0.15) is 24.0 Å². The van der Waals surface area contributed by atoms with Gasteiger partial charge in [0, 0.05) is 24.8 Å². The smallest absolute Gasteiger partial charge is 0.170 e. The van der Waals surface area contributed by atoms with E-state index in [-0.39, 0.29) is 5.82 Å². The maximum atomic E-state index is 13.2. The molecular formula is C22H18FN3O2. The van der Waals surface area contributed by atoms with Gasteiger partial charge >= 0.3 is 0 Å². The lowest BCUT2D eigenvalue weighted by atomic mass is 10.1. The number of halogens is 1. The Morgan fingerprint density at radius 1 is 0.964 bits per heavy atom. The van der Waals surface area contributed by atoms with Crippen LogP contribution in [0.15, 0.2) is 77.4 Å². The van der Waals surface area contributed by atoms with Crippen molar-refractivity contribution in [3.8, 4) is 17.1 Å². The summed E-state index contributed by atoms with van der Waals surface area (Å²) in [4.78, 5) is 4.06. The minimum absolute atomic E-state index is 0.312. The highest BCUT2D eigenvalue weighted by atomic mass is 19.1. The third-order valence-corrected chi connectivity index (χ3v) is 4.27. The van der Waals surface area contributed by atoms with Gasteiger partial charge in [-0.2, -0.15) is 0 Å². The molecule has 0 bridgehead atoms.